The Hall–Kier alpha value is -0.180. The molecule has 2 aliphatic carbocycles. The van der Waals surface area contributed by atoms with Crippen molar-refractivity contribution in [2.45, 2.75) is 70.3 Å². The number of thioether (sulfide) groups is 1. The molecule has 1 heterocycles. The topological polar surface area (TPSA) is 24.4 Å². The molecule has 2 nitrogen and oxygen atoms in total. The summed E-state index contributed by atoms with van der Waals surface area (Å²) in [4.78, 5) is 4.89. The lowest BCUT2D eigenvalue weighted by molar-refractivity contribution is 0.294. The van der Waals surface area contributed by atoms with E-state index in [4.69, 9.17) is 4.99 Å². The molecule has 3 aliphatic rings. The molecule has 0 aromatic carbocycles. The molecule has 2 saturated carbocycles. The Morgan fingerprint density at radius 3 is 2.63 bits per heavy atom. The highest BCUT2D eigenvalue weighted by atomic mass is 32.2. The van der Waals surface area contributed by atoms with E-state index in [1.54, 1.807) is 0 Å². The van der Waals surface area contributed by atoms with Gasteiger partial charge in [-0.15, -0.1) is 0 Å². The third kappa shape index (κ3) is 3.48. The molecule has 0 aromatic rings. The first kappa shape index (κ1) is 13.8. The van der Waals surface area contributed by atoms with E-state index < -0.39 is 0 Å². The maximum absolute atomic E-state index is 4.89. The van der Waals surface area contributed by atoms with E-state index in [2.05, 4.69) is 12.2 Å². The van der Waals surface area contributed by atoms with Crippen LogP contribution in [0.25, 0.3) is 0 Å². The number of hydrogen-bond acceptors (Lipinski definition) is 2. The summed E-state index contributed by atoms with van der Waals surface area (Å²) < 4.78 is 0. The maximum atomic E-state index is 4.89. The molecule has 0 amide bonds. The summed E-state index contributed by atoms with van der Waals surface area (Å²) in [7, 11) is 0. The summed E-state index contributed by atoms with van der Waals surface area (Å²) in [6, 6.07) is 0. The van der Waals surface area contributed by atoms with Gasteiger partial charge in [0, 0.05) is 17.8 Å². The van der Waals surface area contributed by atoms with Gasteiger partial charge >= 0.3 is 0 Å². The summed E-state index contributed by atoms with van der Waals surface area (Å²) in [6.07, 6.45) is 12.6. The highest BCUT2D eigenvalue weighted by molar-refractivity contribution is 8.14. The van der Waals surface area contributed by atoms with Gasteiger partial charge in [-0.25, -0.2) is 0 Å². The van der Waals surface area contributed by atoms with Gasteiger partial charge in [0.1, 0.15) is 0 Å². The molecule has 3 rings (SSSR count). The van der Waals surface area contributed by atoms with Crippen LogP contribution < -0.4 is 5.32 Å². The molecule has 0 atom stereocenters. The monoisotopic (exact) mass is 280 g/mol. The lowest BCUT2D eigenvalue weighted by atomic mass is 9.83. The molecule has 19 heavy (non-hydrogen) atoms. The van der Waals surface area contributed by atoms with Gasteiger partial charge in [-0.2, -0.15) is 0 Å². The van der Waals surface area contributed by atoms with E-state index in [-0.39, 0.29) is 0 Å². The molecule has 0 unspecified atom stereocenters. The van der Waals surface area contributed by atoms with Crippen molar-refractivity contribution in [2.24, 2.45) is 16.8 Å². The number of nitrogens with zero attached hydrogens (tertiary/aromatic N) is 1. The first-order chi connectivity index (χ1) is 9.26. The first-order valence-electron chi connectivity index (χ1n) is 8.21. The minimum Gasteiger partial charge on any atom is -0.359 e. The molecule has 0 radical (unpaired) electrons. The fourth-order valence-electron chi connectivity index (χ4n) is 3.81. The minimum atomic E-state index is 0.419. The molecule has 1 spiro atoms. The van der Waals surface area contributed by atoms with E-state index in [1.165, 1.54) is 68.7 Å². The van der Waals surface area contributed by atoms with Crippen LogP contribution in [0.5, 0.6) is 0 Å². The van der Waals surface area contributed by atoms with Gasteiger partial charge in [-0.3, -0.25) is 4.99 Å². The minimum absolute atomic E-state index is 0.419. The zero-order valence-electron chi connectivity index (χ0n) is 12.3. The maximum Gasteiger partial charge on any atom is 0.157 e. The molecule has 0 bridgehead atoms. The predicted octanol–water partition coefficient (Wildman–Crippen LogP) is 4.21. The van der Waals surface area contributed by atoms with Crippen molar-refractivity contribution < 1.29 is 0 Å². The van der Waals surface area contributed by atoms with E-state index in [9.17, 15) is 0 Å². The van der Waals surface area contributed by atoms with Gasteiger partial charge in [0.2, 0.25) is 0 Å². The molecule has 108 valence electrons. The van der Waals surface area contributed by atoms with Crippen LogP contribution in [0.4, 0.5) is 0 Å². The smallest absolute Gasteiger partial charge is 0.157 e. The molecule has 3 fully saturated rings. The zero-order valence-corrected chi connectivity index (χ0v) is 13.1. The lowest BCUT2D eigenvalue weighted by Crippen LogP contribution is -2.45. The Balaban J connectivity index is 1.49. The highest BCUT2D eigenvalue weighted by Crippen LogP contribution is 2.36. The Morgan fingerprint density at radius 2 is 1.89 bits per heavy atom. The second-order valence-corrected chi connectivity index (χ2v) is 7.99. The summed E-state index contributed by atoms with van der Waals surface area (Å²) in [5.41, 5.74) is 0.419. The van der Waals surface area contributed by atoms with Crippen LogP contribution in [-0.4, -0.2) is 23.0 Å². The van der Waals surface area contributed by atoms with Gasteiger partial charge in [-0.05, 0) is 37.5 Å². The SMILES string of the molecule is CC1CCC(CN=C2NC3(CCCCC3)CS2)CC1. The van der Waals surface area contributed by atoms with Crippen molar-refractivity contribution in [3.63, 3.8) is 0 Å². The van der Waals surface area contributed by atoms with Crippen LogP contribution in [0.3, 0.4) is 0 Å². The van der Waals surface area contributed by atoms with Crippen LogP contribution in [0.15, 0.2) is 4.99 Å². The van der Waals surface area contributed by atoms with Crippen LogP contribution in [0.2, 0.25) is 0 Å². The summed E-state index contributed by atoms with van der Waals surface area (Å²) in [5.74, 6) is 3.07. The van der Waals surface area contributed by atoms with Crippen molar-refractivity contribution >= 4 is 16.9 Å². The highest BCUT2D eigenvalue weighted by Gasteiger charge is 2.38. The van der Waals surface area contributed by atoms with Gasteiger partial charge in [0.15, 0.2) is 5.17 Å². The van der Waals surface area contributed by atoms with Gasteiger partial charge in [0.25, 0.3) is 0 Å². The van der Waals surface area contributed by atoms with E-state index in [0.717, 1.165) is 18.4 Å². The number of hydrogen-bond donors (Lipinski definition) is 1. The largest absolute Gasteiger partial charge is 0.359 e. The fourth-order valence-corrected chi connectivity index (χ4v) is 5.04. The number of aliphatic imine (C=N–C) groups is 1. The number of nitrogens with one attached hydrogen (secondary N) is 1. The Kier molecular flexibility index (Phi) is 4.40. The van der Waals surface area contributed by atoms with Crippen molar-refractivity contribution in [2.75, 3.05) is 12.3 Å². The third-order valence-corrected chi connectivity index (χ3v) is 6.50. The van der Waals surface area contributed by atoms with Crippen LogP contribution in [0.1, 0.15) is 64.7 Å². The lowest BCUT2D eigenvalue weighted by Gasteiger charge is -2.32. The molecule has 1 saturated heterocycles. The summed E-state index contributed by atoms with van der Waals surface area (Å²) in [5, 5.41) is 5.02. The zero-order chi connectivity index (χ0) is 13.1. The molecular weight excluding hydrogens is 252 g/mol. The summed E-state index contributed by atoms with van der Waals surface area (Å²) >= 11 is 1.98. The quantitative estimate of drug-likeness (QED) is 0.819. The third-order valence-electron chi connectivity index (χ3n) is 5.30. The van der Waals surface area contributed by atoms with Gasteiger partial charge < -0.3 is 5.32 Å². The predicted molar refractivity (Wildman–Crippen MR) is 84.8 cm³/mol. The van der Waals surface area contributed by atoms with Crippen LogP contribution >= 0.6 is 11.8 Å². The Labute approximate surface area is 122 Å². The molecule has 3 heteroatoms. The molecular formula is C16H28N2S. The summed E-state index contributed by atoms with van der Waals surface area (Å²) in [6.45, 7) is 3.46. The van der Waals surface area contributed by atoms with Crippen molar-refractivity contribution in [1.82, 2.24) is 5.32 Å². The Morgan fingerprint density at radius 1 is 1.16 bits per heavy atom. The van der Waals surface area contributed by atoms with Gasteiger partial charge in [-0.1, -0.05) is 50.8 Å². The van der Waals surface area contributed by atoms with Crippen molar-refractivity contribution in [3.05, 3.63) is 0 Å². The average Bonchev–Trinajstić information content (AvgIpc) is 2.82. The average molecular weight is 280 g/mol. The second-order valence-electron chi connectivity index (χ2n) is 7.03. The Bertz CT molecular complexity index is 326. The fraction of sp³-hybridized carbons (Fsp3) is 0.938. The first-order valence-corrected chi connectivity index (χ1v) is 9.20. The molecule has 0 aromatic heterocycles. The second kappa shape index (κ2) is 6.07. The standard InChI is InChI=1S/C16H28N2S/c1-13-5-7-14(8-6-13)11-17-15-18-16(12-19-15)9-3-2-4-10-16/h13-14H,2-12H2,1H3,(H,17,18). The molecule has 1 aliphatic heterocycles. The van der Waals surface area contributed by atoms with Crippen LogP contribution in [0, 0.1) is 11.8 Å². The van der Waals surface area contributed by atoms with Gasteiger partial charge in [0.05, 0.1) is 0 Å². The normalized spacial score (nSPS) is 36.6. The number of rotatable bonds is 2. The molecule has 1 N–H and O–H groups in total. The van der Waals surface area contributed by atoms with E-state index in [1.807, 2.05) is 11.8 Å². The number of amidine groups is 1. The van der Waals surface area contributed by atoms with Crippen molar-refractivity contribution in [1.29, 1.82) is 0 Å². The van der Waals surface area contributed by atoms with E-state index >= 15 is 0 Å². The van der Waals surface area contributed by atoms with Crippen LogP contribution in [-0.2, 0) is 0 Å². The van der Waals surface area contributed by atoms with Crippen molar-refractivity contribution in [3.8, 4) is 0 Å². The van der Waals surface area contributed by atoms with E-state index in [0.29, 0.717) is 5.54 Å².